The Morgan fingerprint density at radius 2 is 1.27 bits per heavy atom. The van der Waals surface area contributed by atoms with Gasteiger partial charge in [0.2, 0.25) is 0 Å². The van der Waals surface area contributed by atoms with Gasteiger partial charge in [0, 0.05) is 16.2 Å². The van der Waals surface area contributed by atoms with Crippen LogP contribution in [0.5, 0.6) is 0 Å². The van der Waals surface area contributed by atoms with Gasteiger partial charge in [-0.1, -0.05) is 24.3 Å². The first-order valence-electron chi connectivity index (χ1n) is 11.4. The van der Waals surface area contributed by atoms with Crippen molar-refractivity contribution in [1.29, 1.82) is 0 Å². The molecule has 0 radical (unpaired) electrons. The number of alkyl halides is 6. The van der Waals surface area contributed by atoms with Crippen molar-refractivity contribution in [1.82, 2.24) is 0 Å². The van der Waals surface area contributed by atoms with E-state index in [-0.39, 0.29) is 16.2 Å². The molecule has 1 heterocycles. The number of carbonyl (C=O) groups excluding carboxylic acids is 1. The Bertz CT molecular complexity index is 1450. The monoisotopic (exact) mass is 586 g/mol. The molecule has 3 aromatic carbocycles. The van der Waals surface area contributed by atoms with E-state index in [1.165, 1.54) is 6.07 Å². The maximum atomic E-state index is 14.1. The normalized spacial score (nSPS) is 15.0. The topological polar surface area (TPSA) is 91.7 Å². The zero-order valence-corrected chi connectivity index (χ0v) is 20.8. The fourth-order valence-corrected chi connectivity index (χ4v) is 6.19. The summed E-state index contributed by atoms with van der Waals surface area (Å²) in [7, 11) is 0. The third kappa shape index (κ3) is 5.42. The van der Waals surface area contributed by atoms with Crippen LogP contribution in [0.4, 0.5) is 30.7 Å². The minimum Gasteiger partial charge on any atom is -0.478 e. The molecule has 0 bridgehead atoms. The highest BCUT2D eigenvalue weighted by atomic mass is 32.2. The van der Waals surface area contributed by atoms with Gasteiger partial charge < -0.3 is 10.2 Å². The fourth-order valence-electron chi connectivity index (χ4n) is 4.95. The lowest BCUT2D eigenvalue weighted by Crippen LogP contribution is -2.42. The van der Waals surface area contributed by atoms with Crippen LogP contribution in [0.2, 0.25) is 0 Å². The van der Waals surface area contributed by atoms with Gasteiger partial charge >= 0.3 is 24.3 Å². The van der Waals surface area contributed by atoms with Gasteiger partial charge in [0.25, 0.3) is 0 Å². The number of aromatic carboxylic acids is 2. The van der Waals surface area contributed by atoms with Gasteiger partial charge in [-0.05, 0) is 54.3 Å². The number of thioether (sulfide) groups is 1. The van der Waals surface area contributed by atoms with E-state index in [2.05, 4.69) is 0 Å². The van der Waals surface area contributed by atoms with Crippen molar-refractivity contribution in [2.24, 2.45) is 5.41 Å². The summed E-state index contributed by atoms with van der Waals surface area (Å²) in [6.45, 7) is 0. The first kappa shape index (κ1) is 29.1. The Morgan fingerprint density at radius 3 is 1.70 bits per heavy atom. The fraction of sp³-hybridized carbons (Fsp3) is 0.222. The van der Waals surface area contributed by atoms with E-state index in [9.17, 15) is 55.3 Å². The molecule has 40 heavy (non-hydrogen) atoms. The average Bonchev–Trinajstić information content (AvgIpc) is 2.85. The van der Waals surface area contributed by atoms with Crippen LogP contribution in [0, 0.1) is 11.2 Å². The largest absolute Gasteiger partial charge is 0.478 e. The van der Waals surface area contributed by atoms with Gasteiger partial charge in [-0.2, -0.15) is 26.3 Å². The number of halogens is 7. The number of ketones is 1. The maximum absolute atomic E-state index is 14.1. The number of carboxylic acid groups (broad SMARTS) is 2. The second kappa shape index (κ2) is 10.3. The van der Waals surface area contributed by atoms with Crippen molar-refractivity contribution >= 4 is 29.5 Å². The summed E-state index contributed by atoms with van der Waals surface area (Å²) in [5.41, 5.74) is -9.03. The van der Waals surface area contributed by atoms with Crippen LogP contribution in [0.1, 0.15) is 53.3 Å². The zero-order valence-electron chi connectivity index (χ0n) is 20.0. The molecule has 0 amide bonds. The third-order valence-corrected chi connectivity index (χ3v) is 7.92. The molecular weight excluding hydrogens is 569 g/mol. The molecule has 4 rings (SSSR count). The second-order valence-corrected chi connectivity index (χ2v) is 10.2. The van der Waals surface area contributed by atoms with E-state index in [4.69, 9.17) is 0 Å². The van der Waals surface area contributed by atoms with E-state index >= 15 is 0 Å². The van der Waals surface area contributed by atoms with Crippen LogP contribution in [0.25, 0.3) is 0 Å². The van der Waals surface area contributed by atoms with Gasteiger partial charge in [0.05, 0.1) is 27.7 Å². The second-order valence-electron chi connectivity index (χ2n) is 9.18. The molecule has 1 aliphatic heterocycles. The lowest BCUT2D eigenvalue weighted by atomic mass is 9.70. The van der Waals surface area contributed by atoms with E-state index in [1.807, 2.05) is 0 Å². The maximum Gasteiger partial charge on any atom is 0.417 e. The van der Waals surface area contributed by atoms with Crippen LogP contribution in [-0.4, -0.2) is 33.7 Å². The standard InChI is InChI=1S/C27H17F7O5S/c28-15-7-8-19-18(9-15)22(35)25(12-40-19,10-13-3-1-5-16(23(36)37)20(13)26(29,30)31)11-14-4-2-6-17(24(38)39)21(14)27(32,33)34/h1-9H,10-12H2,(H,36,37)(H,38,39). The minimum absolute atomic E-state index is 0.257. The molecule has 0 spiro atoms. The van der Waals surface area contributed by atoms with Gasteiger partial charge in [-0.25, -0.2) is 14.0 Å². The summed E-state index contributed by atoms with van der Waals surface area (Å²) in [5, 5.41) is 18.8. The number of Topliss-reactive ketones (excluding diaryl/α,β-unsaturated/α-hetero) is 1. The molecule has 0 unspecified atom stereocenters. The van der Waals surface area contributed by atoms with Crippen molar-refractivity contribution in [2.75, 3.05) is 5.75 Å². The first-order valence-corrected chi connectivity index (χ1v) is 12.4. The molecule has 3 aromatic rings. The highest BCUT2D eigenvalue weighted by Crippen LogP contribution is 2.48. The summed E-state index contributed by atoms with van der Waals surface area (Å²) >= 11 is 0.912. The quantitative estimate of drug-likeness (QED) is 0.302. The van der Waals surface area contributed by atoms with Crippen molar-refractivity contribution < 1.29 is 55.3 Å². The lowest BCUT2D eigenvalue weighted by molar-refractivity contribution is -0.139. The molecule has 0 saturated carbocycles. The average molecular weight is 586 g/mol. The van der Waals surface area contributed by atoms with Crippen LogP contribution in [0.15, 0.2) is 59.5 Å². The number of hydrogen-bond acceptors (Lipinski definition) is 4. The molecule has 0 fully saturated rings. The van der Waals surface area contributed by atoms with E-state index < -0.39 is 87.5 Å². The minimum atomic E-state index is -5.21. The van der Waals surface area contributed by atoms with Crippen molar-refractivity contribution in [3.63, 3.8) is 0 Å². The third-order valence-electron chi connectivity index (χ3n) is 6.56. The number of carboxylic acids is 2. The van der Waals surface area contributed by atoms with Crippen LogP contribution in [0.3, 0.4) is 0 Å². The molecular formula is C27H17F7O5S. The molecule has 0 aromatic heterocycles. The van der Waals surface area contributed by atoms with Crippen LogP contribution >= 0.6 is 11.8 Å². The van der Waals surface area contributed by atoms with Crippen molar-refractivity contribution in [3.05, 3.63) is 99.4 Å². The number of carbonyl (C=O) groups is 3. The van der Waals surface area contributed by atoms with E-state index in [1.54, 1.807) is 0 Å². The number of benzene rings is 3. The first-order chi connectivity index (χ1) is 18.5. The summed E-state index contributed by atoms with van der Waals surface area (Å²) in [6, 6.07) is 8.43. The number of fused-ring (bicyclic) bond motifs is 1. The SMILES string of the molecule is O=C(O)c1cccc(CC2(Cc3cccc(C(=O)O)c3C(F)(F)F)CSc3ccc(F)cc3C2=O)c1C(F)(F)F. The van der Waals surface area contributed by atoms with Crippen LogP contribution < -0.4 is 0 Å². The Kier molecular flexibility index (Phi) is 7.48. The molecule has 1 aliphatic rings. The predicted molar refractivity (Wildman–Crippen MR) is 128 cm³/mol. The van der Waals surface area contributed by atoms with E-state index in [0.29, 0.717) is 12.1 Å². The van der Waals surface area contributed by atoms with Gasteiger partial charge in [0.1, 0.15) is 5.82 Å². The Balaban J connectivity index is 1.98. The lowest BCUT2D eigenvalue weighted by Gasteiger charge is -2.38. The van der Waals surface area contributed by atoms with Crippen molar-refractivity contribution in [3.8, 4) is 0 Å². The molecule has 5 nitrogen and oxygen atoms in total. The molecule has 13 heteroatoms. The van der Waals surface area contributed by atoms with Gasteiger partial charge in [0.15, 0.2) is 5.78 Å². The highest BCUT2D eigenvalue weighted by molar-refractivity contribution is 7.99. The Hall–Kier alpha value is -3.87. The Labute approximate surface area is 225 Å². The summed E-state index contributed by atoms with van der Waals surface area (Å²) in [6.07, 6.45) is -12.1. The molecule has 0 aliphatic carbocycles. The molecule has 210 valence electrons. The Morgan fingerprint density at radius 1 is 0.800 bits per heavy atom. The number of rotatable bonds is 6. The summed E-state index contributed by atoms with van der Waals surface area (Å²) in [5.74, 6) is -5.99. The smallest absolute Gasteiger partial charge is 0.417 e. The highest BCUT2D eigenvalue weighted by Gasteiger charge is 2.48. The number of hydrogen-bond donors (Lipinski definition) is 2. The van der Waals surface area contributed by atoms with Gasteiger partial charge in [-0.3, -0.25) is 4.79 Å². The van der Waals surface area contributed by atoms with E-state index in [0.717, 1.165) is 48.2 Å². The van der Waals surface area contributed by atoms with Crippen molar-refractivity contribution in [2.45, 2.75) is 30.1 Å². The van der Waals surface area contributed by atoms with Gasteiger partial charge in [-0.15, -0.1) is 11.8 Å². The summed E-state index contributed by atoms with van der Waals surface area (Å²) in [4.78, 5) is 37.4. The molecule has 2 N–H and O–H groups in total. The zero-order chi connectivity index (χ0) is 29.6. The molecule has 0 atom stereocenters. The van der Waals surface area contributed by atoms with Crippen LogP contribution in [-0.2, 0) is 25.2 Å². The molecule has 0 saturated heterocycles. The summed E-state index contributed by atoms with van der Waals surface area (Å²) < 4.78 is 98.8. The predicted octanol–water partition coefficient (Wildman–Crippen LogP) is 7.02.